The Morgan fingerprint density at radius 3 is 2.41 bits per heavy atom. The summed E-state index contributed by atoms with van der Waals surface area (Å²) in [6, 6.07) is 10.2. The largest absolute Gasteiger partial charge is 0.293 e. The van der Waals surface area contributed by atoms with E-state index in [-0.39, 0.29) is 0 Å². The molecule has 2 bridgehead atoms. The Bertz CT molecular complexity index is 393. The molecule has 0 amide bonds. The molecular formula is C14H17Br2N. The standard InChI is InChI=1S/C14H17Br2N/c15-11-7-12-5-6-13(8-11)17(12)9-10-3-1-2-4-14(10)16/h1-4,11-13H,5-9H2. The van der Waals surface area contributed by atoms with Gasteiger partial charge in [0, 0.05) is 27.9 Å². The highest BCUT2D eigenvalue weighted by Crippen LogP contribution is 2.39. The fourth-order valence-electron chi connectivity index (χ4n) is 3.29. The van der Waals surface area contributed by atoms with Crippen molar-refractivity contribution in [2.75, 3.05) is 0 Å². The van der Waals surface area contributed by atoms with Gasteiger partial charge in [0.1, 0.15) is 0 Å². The first-order chi connectivity index (χ1) is 8.24. The van der Waals surface area contributed by atoms with Gasteiger partial charge in [-0.05, 0) is 37.3 Å². The molecule has 92 valence electrons. The fraction of sp³-hybridized carbons (Fsp3) is 0.571. The molecule has 2 saturated heterocycles. The molecule has 0 N–H and O–H groups in total. The Labute approximate surface area is 120 Å². The Kier molecular flexibility index (Phi) is 3.60. The Balaban J connectivity index is 1.76. The number of nitrogens with zero attached hydrogens (tertiary/aromatic N) is 1. The van der Waals surface area contributed by atoms with E-state index in [0.29, 0.717) is 0 Å². The van der Waals surface area contributed by atoms with Gasteiger partial charge in [-0.1, -0.05) is 50.1 Å². The zero-order chi connectivity index (χ0) is 11.8. The lowest BCUT2D eigenvalue weighted by Gasteiger charge is -2.37. The molecule has 0 aliphatic carbocycles. The second-order valence-corrected chi connectivity index (χ2v) is 7.37. The zero-order valence-electron chi connectivity index (χ0n) is 9.78. The van der Waals surface area contributed by atoms with Gasteiger partial charge >= 0.3 is 0 Å². The van der Waals surface area contributed by atoms with Gasteiger partial charge in [0.15, 0.2) is 0 Å². The number of hydrogen-bond acceptors (Lipinski definition) is 1. The van der Waals surface area contributed by atoms with Gasteiger partial charge in [-0.15, -0.1) is 0 Å². The van der Waals surface area contributed by atoms with E-state index in [2.05, 4.69) is 61.0 Å². The molecule has 0 radical (unpaired) electrons. The quantitative estimate of drug-likeness (QED) is 0.711. The van der Waals surface area contributed by atoms with E-state index < -0.39 is 0 Å². The highest BCUT2D eigenvalue weighted by atomic mass is 79.9. The SMILES string of the molecule is Brc1ccccc1CN1C2CCC1CC(Br)C2. The van der Waals surface area contributed by atoms with Gasteiger partial charge in [-0.3, -0.25) is 4.90 Å². The van der Waals surface area contributed by atoms with Crippen LogP contribution >= 0.6 is 31.9 Å². The number of benzene rings is 1. The van der Waals surface area contributed by atoms with E-state index in [1.54, 1.807) is 0 Å². The van der Waals surface area contributed by atoms with Crippen LogP contribution in [-0.4, -0.2) is 21.8 Å². The highest BCUT2D eigenvalue weighted by molar-refractivity contribution is 9.10. The van der Waals surface area contributed by atoms with Crippen molar-refractivity contribution in [2.24, 2.45) is 0 Å². The summed E-state index contributed by atoms with van der Waals surface area (Å²) in [4.78, 5) is 3.47. The van der Waals surface area contributed by atoms with Gasteiger partial charge in [0.2, 0.25) is 0 Å². The predicted molar refractivity (Wildman–Crippen MR) is 78.4 cm³/mol. The third-order valence-electron chi connectivity index (χ3n) is 4.14. The minimum absolute atomic E-state index is 0.746. The van der Waals surface area contributed by atoms with E-state index in [4.69, 9.17) is 0 Å². The van der Waals surface area contributed by atoms with Crippen LogP contribution in [0, 0.1) is 0 Å². The molecule has 2 aliphatic heterocycles. The molecule has 2 heterocycles. The normalized spacial score (nSPS) is 32.9. The summed E-state index contributed by atoms with van der Waals surface area (Å²) >= 11 is 7.46. The van der Waals surface area contributed by atoms with Crippen molar-refractivity contribution in [3.05, 3.63) is 34.3 Å². The summed E-state index contributed by atoms with van der Waals surface area (Å²) < 4.78 is 1.25. The Morgan fingerprint density at radius 2 is 1.76 bits per heavy atom. The summed E-state index contributed by atoms with van der Waals surface area (Å²) in [5, 5.41) is 0. The maximum absolute atomic E-state index is 3.80. The molecule has 0 spiro atoms. The molecule has 0 saturated carbocycles. The first kappa shape index (κ1) is 12.2. The molecule has 2 unspecified atom stereocenters. The summed E-state index contributed by atoms with van der Waals surface area (Å²) in [6.45, 7) is 1.11. The van der Waals surface area contributed by atoms with Crippen LogP contribution in [0.25, 0.3) is 0 Å². The average molecular weight is 359 g/mol. The maximum Gasteiger partial charge on any atom is 0.0250 e. The van der Waals surface area contributed by atoms with Crippen LogP contribution in [-0.2, 0) is 6.54 Å². The first-order valence-corrected chi connectivity index (χ1v) is 8.08. The fourth-order valence-corrected chi connectivity index (χ4v) is 4.56. The summed E-state index contributed by atoms with van der Waals surface area (Å²) in [5.74, 6) is 0. The van der Waals surface area contributed by atoms with Gasteiger partial charge in [-0.2, -0.15) is 0 Å². The first-order valence-electron chi connectivity index (χ1n) is 6.37. The maximum atomic E-state index is 3.80. The van der Waals surface area contributed by atoms with Crippen LogP contribution in [0.15, 0.2) is 28.7 Å². The Morgan fingerprint density at radius 1 is 1.12 bits per heavy atom. The van der Waals surface area contributed by atoms with Crippen LogP contribution in [0.3, 0.4) is 0 Å². The zero-order valence-corrected chi connectivity index (χ0v) is 13.0. The van der Waals surface area contributed by atoms with E-state index in [1.165, 1.54) is 35.7 Å². The highest BCUT2D eigenvalue weighted by Gasteiger charge is 2.39. The lowest BCUT2D eigenvalue weighted by molar-refractivity contribution is 0.136. The minimum atomic E-state index is 0.746. The molecule has 3 rings (SSSR count). The van der Waals surface area contributed by atoms with Crippen molar-refractivity contribution in [1.82, 2.24) is 4.90 Å². The van der Waals surface area contributed by atoms with Crippen LogP contribution < -0.4 is 0 Å². The van der Waals surface area contributed by atoms with Crippen LogP contribution in [0.1, 0.15) is 31.2 Å². The van der Waals surface area contributed by atoms with E-state index in [9.17, 15) is 0 Å². The van der Waals surface area contributed by atoms with Crippen molar-refractivity contribution in [1.29, 1.82) is 0 Å². The molecule has 2 aliphatic rings. The Hall–Kier alpha value is 0.140. The van der Waals surface area contributed by atoms with Crippen molar-refractivity contribution >= 4 is 31.9 Å². The monoisotopic (exact) mass is 357 g/mol. The summed E-state index contributed by atoms with van der Waals surface area (Å²) in [7, 11) is 0. The van der Waals surface area contributed by atoms with Crippen LogP contribution in [0.2, 0.25) is 0 Å². The topological polar surface area (TPSA) is 3.24 Å². The predicted octanol–water partition coefficient (Wildman–Crippen LogP) is 4.34. The summed E-state index contributed by atoms with van der Waals surface area (Å²) in [6.07, 6.45) is 5.41. The van der Waals surface area contributed by atoms with Crippen LogP contribution in [0.5, 0.6) is 0 Å². The molecule has 0 aromatic heterocycles. The smallest absolute Gasteiger partial charge is 0.0250 e. The average Bonchev–Trinajstić information content (AvgIpc) is 2.56. The van der Waals surface area contributed by atoms with Crippen LogP contribution in [0.4, 0.5) is 0 Å². The number of hydrogen-bond donors (Lipinski definition) is 0. The van der Waals surface area contributed by atoms with Gasteiger partial charge in [-0.25, -0.2) is 0 Å². The third kappa shape index (κ3) is 2.47. The lowest BCUT2D eigenvalue weighted by Crippen LogP contribution is -2.42. The van der Waals surface area contributed by atoms with E-state index in [0.717, 1.165) is 23.5 Å². The van der Waals surface area contributed by atoms with Gasteiger partial charge in [0.05, 0.1) is 0 Å². The molecule has 2 atom stereocenters. The molecule has 2 fully saturated rings. The number of rotatable bonds is 2. The number of fused-ring (bicyclic) bond motifs is 2. The molecular weight excluding hydrogens is 342 g/mol. The van der Waals surface area contributed by atoms with Crippen molar-refractivity contribution in [3.63, 3.8) is 0 Å². The van der Waals surface area contributed by atoms with Crippen molar-refractivity contribution < 1.29 is 0 Å². The van der Waals surface area contributed by atoms with Gasteiger partial charge in [0.25, 0.3) is 0 Å². The van der Waals surface area contributed by atoms with Gasteiger partial charge < -0.3 is 0 Å². The second-order valence-electron chi connectivity index (χ2n) is 5.22. The number of halogens is 2. The van der Waals surface area contributed by atoms with E-state index >= 15 is 0 Å². The molecule has 1 nitrogen and oxygen atoms in total. The molecule has 1 aromatic rings. The second kappa shape index (κ2) is 5.02. The minimum Gasteiger partial charge on any atom is -0.293 e. The summed E-state index contributed by atoms with van der Waals surface area (Å²) in [5.41, 5.74) is 1.43. The van der Waals surface area contributed by atoms with Crippen molar-refractivity contribution in [2.45, 2.75) is 49.1 Å². The lowest BCUT2D eigenvalue weighted by atomic mass is 10.0. The number of piperidine rings is 1. The van der Waals surface area contributed by atoms with E-state index in [1.807, 2.05) is 0 Å². The molecule has 17 heavy (non-hydrogen) atoms. The molecule has 3 heteroatoms. The third-order valence-corrected chi connectivity index (χ3v) is 5.66. The molecule has 1 aromatic carbocycles. The number of alkyl halides is 1. The van der Waals surface area contributed by atoms with Crippen molar-refractivity contribution in [3.8, 4) is 0 Å².